The molecule has 97 heavy (non-hydrogen) atoms. The number of anilines is 2. The Bertz CT molecular complexity index is 4530. The van der Waals surface area contributed by atoms with Crippen molar-refractivity contribution in [1.29, 1.82) is 5.26 Å². The Labute approximate surface area is 552 Å². The van der Waals surface area contributed by atoms with Crippen molar-refractivity contribution in [2.75, 3.05) is 45.2 Å². The highest BCUT2D eigenvalue weighted by atomic mass is 31.2. The van der Waals surface area contributed by atoms with E-state index in [0.29, 0.717) is 45.3 Å². The molecule has 31 heteroatoms. The molecule has 0 radical (unpaired) electrons. The number of alkyl halides is 2. The van der Waals surface area contributed by atoms with Crippen LogP contribution in [0.5, 0.6) is 17.2 Å². The lowest BCUT2D eigenvalue weighted by atomic mass is 9.79. The van der Waals surface area contributed by atoms with Crippen molar-refractivity contribution in [3.05, 3.63) is 229 Å². The van der Waals surface area contributed by atoms with Crippen molar-refractivity contribution in [1.82, 2.24) is 44.0 Å². The molecule has 2 amide bonds. The summed E-state index contributed by atoms with van der Waals surface area (Å²) in [5, 5.41) is 15.2. The molecule has 0 bridgehead atoms. The zero-order chi connectivity index (χ0) is 67.7. The van der Waals surface area contributed by atoms with Crippen LogP contribution < -0.4 is 24.8 Å². The second-order valence-electron chi connectivity index (χ2n) is 21.7. The van der Waals surface area contributed by atoms with Gasteiger partial charge in [0.25, 0.3) is 11.8 Å². The molecule has 7 heterocycles. The molecule has 10 aromatic rings. The Balaban J connectivity index is 0.921. The van der Waals surface area contributed by atoms with Gasteiger partial charge in [0.2, 0.25) is 0 Å². The van der Waals surface area contributed by atoms with Crippen molar-refractivity contribution >= 4 is 61.2 Å². The Morgan fingerprint density at radius 3 is 1.69 bits per heavy atom. The number of ether oxygens (including phenoxy) is 6. The molecule has 2 fully saturated rings. The maximum absolute atomic E-state index is 18.7. The van der Waals surface area contributed by atoms with E-state index < -0.39 is 108 Å². The van der Waals surface area contributed by atoms with E-state index in [1.165, 1.54) is 44.5 Å². The first-order valence-electron chi connectivity index (χ1n) is 29.9. The number of phosphoric acid groups is 1. The van der Waals surface area contributed by atoms with Crippen LogP contribution in [0.15, 0.2) is 195 Å². The van der Waals surface area contributed by atoms with E-state index in [4.69, 9.17) is 46.5 Å². The summed E-state index contributed by atoms with van der Waals surface area (Å²) in [6.07, 6.45) is -8.90. The van der Waals surface area contributed by atoms with E-state index >= 15 is 13.3 Å². The number of nitrogens with one attached hydrogen (secondary N) is 2. The van der Waals surface area contributed by atoms with Crippen LogP contribution in [-0.4, -0.2) is 132 Å². The third-order valence-electron chi connectivity index (χ3n) is 15.8. The Kier molecular flexibility index (Phi) is 20.4. The van der Waals surface area contributed by atoms with Gasteiger partial charge in [-0.1, -0.05) is 91.0 Å². The van der Waals surface area contributed by atoms with E-state index in [1.54, 1.807) is 146 Å². The van der Waals surface area contributed by atoms with Crippen LogP contribution in [0, 0.1) is 11.3 Å². The van der Waals surface area contributed by atoms with Gasteiger partial charge in [-0.3, -0.25) is 46.4 Å². The molecular weight excluding hydrogens is 1300 g/mol. The third kappa shape index (κ3) is 14.6. The molecule has 2 aliphatic heterocycles. The fraction of sp³-hybridized carbons (Fsp3) is 0.242. The van der Waals surface area contributed by atoms with Crippen molar-refractivity contribution in [2.45, 2.75) is 67.8 Å². The van der Waals surface area contributed by atoms with Crippen molar-refractivity contribution < 1.29 is 78.9 Å². The van der Waals surface area contributed by atoms with Crippen LogP contribution in [0.1, 0.15) is 62.0 Å². The zero-order valence-electron chi connectivity index (χ0n) is 51.7. The number of phosphoric ester groups is 1. The molecule has 3 N–H and O–H groups in total. The molecule has 0 saturated carbocycles. The summed E-state index contributed by atoms with van der Waals surface area (Å²) in [6.45, 7) is -2.07. The fourth-order valence-corrected chi connectivity index (χ4v) is 13.2. The zero-order valence-corrected chi connectivity index (χ0v) is 53.5. The number of hydrogen-bond acceptors (Lipinski definition) is 22. The molecule has 12 rings (SSSR count). The minimum atomic E-state index is -5.36. The van der Waals surface area contributed by atoms with Crippen molar-refractivity contribution in [3.8, 4) is 23.3 Å². The summed E-state index contributed by atoms with van der Waals surface area (Å²) in [5.41, 5.74) is 0.474. The maximum atomic E-state index is 18.7. The van der Waals surface area contributed by atoms with E-state index in [-0.39, 0.29) is 45.2 Å². The van der Waals surface area contributed by atoms with Gasteiger partial charge in [0.15, 0.2) is 58.8 Å². The second kappa shape index (κ2) is 29.5. The van der Waals surface area contributed by atoms with Gasteiger partial charge in [0.05, 0.1) is 72.0 Å². The Morgan fingerprint density at radius 1 is 0.639 bits per heavy atom. The average molecular weight is 1360 g/mol. The number of carbonyl (C=O) groups excluding carboxylic acids is 2. The number of benzene rings is 5. The van der Waals surface area contributed by atoms with Crippen molar-refractivity contribution in [3.63, 3.8) is 0 Å². The lowest BCUT2D eigenvalue weighted by Gasteiger charge is -2.39. The number of pyridine rings is 1. The third-order valence-corrected chi connectivity index (χ3v) is 18.3. The molecule has 5 aromatic heterocycles. The van der Waals surface area contributed by atoms with Crippen LogP contribution in [-0.2, 0) is 53.6 Å². The maximum Gasteiger partial charge on any atom is 0.475 e. The summed E-state index contributed by atoms with van der Waals surface area (Å²) in [7, 11) is -5.72. The van der Waals surface area contributed by atoms with Gasteiger partial charge in [0.1, 0.15) is 59.9 Å². The molecule has 10 atom stereocenters. The number of amides is 2. The largest absolute Gasteiger partial charge is 0.497 e. The minimum Gasteiger partial charge on any atom is -0.497 e. The first kappa shape index (κ1) is 66.9. The Morgan fingerprint density at radius 2 is 1.15 bits per heavy atom. The molecular formula is C66H60F2N12O15P2. The lowest BCUT2D eigenvalue weighted by Crippen LogP contribution is -2.44. The van der Waals surface area contributed by atoms with Gasteiger partial charge in [-0.2, -0.15) is 5.26 Å². The summed E-state index contributed by atoms with van der Waals surface area (Å²) < 4.78 is 129. The van der Waals surface area contributed by atoms with E-state index in [0.717, 1.165) is 29.6 Å². The van der Waals surface area contributed by atoms with Crippen LogP contribution in [0.2, 0.25) is 0 Å². The summed E-state index contributed by atoms with van der Waals surface area (Å²) in [4.78, 5) is 68.3. The quantitative estimate of drug-likeness (QED) is 0.0245. The first-order chi connectivity index (χ1) is 47.1. The number of methoxy groups -OCH3 is 3. The van der Waals surface area contributed by atoms with Gasteiger partial charge in [0, 0.05) is 29.2 Å². The molecule has 2 unspecified atom stereocenters. The average Bonchev–Trinajstić information content (AvgIpc) is 1.69. The molecule has 0 spiro atoms. The molecule has 0 aliphatic carbocycles. The van der Waals surface area contributed by atoms with E-state index in [1.807, 2.05) is 6.07 Å². The lowest BCUT2D eigenvalue weighted by molar-refractivity contribution is -0.105. The molecule has 2 saturated heterocycles. The van der Waals surface area contributed by atoms with E-state index in [9.17, 15) is 24.3 Å². The first-order valence-corrected chi connectivity index (χ1v) is 33.0. The number of hydrogen-bond donors (Lipinski definition) is 3. The standard InChI is InChI=1S/C66H60F2N12O15P2/c1-86-47-24-20-44(21-25-47)66(43-18-11-6-12-19-43,45-22-26-48(87-2)27-23-45)94-56-51(93-64(52(56)67)79-39-75-54-58(71-37-73-60(54)79)77-62(81)41-14-7-4-8-15-41)36-91-97(85,89-32-13-30-69)95-57-50(29-33-96(83,84)90-35-46-34-49(88-3)28-31-70-46)92-65(53(57)68)80-40-76-55-59(72-38-74-61(55)80)78-63(82)42-16-9-5-10-17-42/h4-12,14-29,31,33-34,37-40,50-53,56-57,64-65H,13,32,35-36H2,1-3H3,(H,83,84)(H,71,73,77,81)(H,72,74,78,82)/b33-29+/t50-,51-,52-,53-,56-,57-,64-,65-,97?/m1/s1. The van der Waals surface area contributed by atoms with E-state index in [2.05, 4.69) is 45.5 Å². The predicted octanol–water partition coefficient (Wildman–Crippen LogP) is 10.8. The number of nitrogens with zero attached hydrogens (tertiary/aromatic N) is 10. The highest BCUT2D eigenvalue weighted by Crippen LogP contribution is 2.56. The number of rotatable bonds is 27. The number of nitriles is 1. The van der Waals surface area contributed by atoms with Gasteiger partial charge in [-0.05, 0) is 77.4 Å². The van der Waals surface area contributed by atoms with Crippen LogP contribution >= 0.6 is 15.4 Å². The summed E-state index contributed by atoms with van der Waals surface area (Å²) in [5.74, 6) is 0.925. The summed E-state index contributed by atoms with van der Waals surface area (Å²) >= 11 is 0. The highest BCUT2D eigenvalue weighted by Gasteiger charge is 2.55. The minimum absolute atomic E-state index is 0.00348. The Hall–Kier alpha value is -10.1. The van der Waals surface area contributed by atoms with Crippen LogP contribution in [0.3, 0.4) is 0 Å². The number of fused-ring (bicyclic) bond motifs is 2. The topological polar surface area (TPSA) is 329 Å². The number of imidazole rings is 2. The smallest absolute Gasteiger partial charge is 0.475 e. The number of halogens is 2. The molecule has 498 valence electrons. The monoisotopic (exact) mass is 1360 g/mol. The van der Waals surface area contributed by atoms with Gasteiger partial charge >= 0.3 is 15.4 Å². The number of carbonyl (C=O) groups is 2. The van der Waals surface area contributed by atoms with Crippen LogP contribution in [0.4, 0.5) is 20.4 Å². The summed E-state index contributed by atoms with van der Waals surface area (Å²) in [6, 6.07) is 44.2. The molecule has 2 aliphatic rings. The van der Waals surface area contributed by atoms with Gasteiger partial charge in [-0.25, -0.2) is 43.2 Å². The van der Waals surface area contributed by atoms with Gasteiger partial charge in [-0.15, -0.1) is 0 Å². The second-order valence-corrected chi connectivity index (χ2v) is 25.0. The normalized spacial score (nSPS) is 20.6. The molecule has 27 nitrogen and oxygen atoms in total. The SMILES string of the molecule is COc1ccc(C(O[C@H]2[C@@H](F)[C@H](n3cnc4c(NC(=O)c5ccccc5)ncnc43)O[C@@H]2COP(=O)(OCCC#N)O[C@H]2[C@@H](F)[C@H](n3cnc4c(NC(=O)c5ccccc5)ncnc43)O[C@@H]2/C=C/P(=O)(O)OCc2cc(OC)ccn2)(c2ccccc2)c2ccc(OC)cc2)cc1. The van der Waals surface area contributed by atoms with Crippen LogP contribution in [0.25, 0.3) is 22.3 Å². The van der Waals surface area contributed by atoms with Crippen molar-refractivity contribution in [2.24, 2.45) is 0 Å². The predicted molar refractivity (Wildman–Crippen MR) is 343 cm³/mol. The number of aromatic nitrogens is 9. The molecule has 5 aromatic carbocycles. The fourth-order valence-electron chi connectivity index (χ4n) is 11.0. The van der Waals surface area contributed by atoms with Gasteiger partial charge < -0.3 is 43.9 Å². The highest BCUT2D eigenvalue weighted by molar-refractivity contribution is 7.56.